The second-order valence-electron chi connectivity index (χ2n) is 3.20. The fourth-order valence-electron chi connectivity index (χ4n) is 1.26. The van der Waals surface area contributed by atoms with Gasteiger partial charge in [0.1, 0.15) is 0 Å². The Bertz CT molecular complexity index is 314. The molecule has 0 saturated carbocycles. The molecule has 1 aromatic heterocycles. The third-order valence-electron chi connectivity index (χ3n) is 2.09. The van der Waals surface area contributed by atoms with Crippen LogP contribution < -0.4 is 5.32 Å². The van der Waals surface area contributed by atoms with Crippen molar-refractivity contribution in [2.24, 2.45) is 7.05 Å². The highest BCUT2D eigenvalue weighted by molar-refractivity contribution is 7.99. The van der Waals surface area contributed by atoms with Crippen LogP contribution in [0.4, 0.5) is 0 Å². The van der Waals surface area contributed by atoms with Crippen LogP contribution in [-0.4, -0.2) is 34.4 Å². The second-order valence-corrected chi connectivity index (χ2v) is 4.31. The van der Waals surface area contributed by atoms with Crippen LogP contribution in [0.2, 0.25) is 0 Å². The number of hydrogen-bond acceptors (Lipinski definition) is 3. The first kappa shape index (κ1) is 12.2. The SMILES string of the molecule is C#CCSCCNCCc1ccnn1C. The Labute approximate surface area is 95.6 Å². The van der Waals surface area contributed by atoms with Crippen LogP contribution in [0.15, 0.2) is 12.3 Å². The number of rotatable bonds is 7. The van der Waals surface area contributed by atoms with Crippen LogP contribution in [0.25, 0.3) is 0 Å². The van der Waals surface area contributed by atoms with Gasteiger partial charge in [-0.25, -0.2) is 0 Å². The van der Waals surface area contributed by atoms with Gasteiger partial charge < -0.3 is 5.32 Å². The number of aromatic nitrogens is 2. The Morgan fingerprint density at radius 1 is 1.60 bits per heavy atom. The highest BCUT2D eigenvalue weighted by Crippen LogP contribution is 1.97. The molecule has 0 spiro atoms. The molecular formula is C11H17N3S. The van der Waals surface area contributed by atoms with Crippen molar-refractivity contribution in [2.45, 2.75) is 6.42 Å². The molecule has 0 saturated heterocycles. The Hall–Kier alpha value is -0.920. The molecule has 82 valence electrons. The topological polar surface area (TPSA) is 29.9 Å². The zero-order valence-corrected chi connectivity index (χ0v) is 9.89. The average molecular weight is 223 g/mol. The highest BCUT2D eigenvalue weighted by atomic mass is 32.2. The summed E-state index contributed by atoms with van der Waals surface area (Å²) in [7, 11) is 1.97. The maximum atomic E-state index is 5.15. The number of terminal acetylenes is 1. The summed E-state index contributed by atoms with van der Waals surface area (Å²) < 4.78 is 1.91. The van der Waals surface area contributed by atoms with Gasteiger partial charge in [-0.05, 0) is 6.07 Å². The van der Waals surface area contributed by atoms with E-state index in [-0.39, 0.29) is 0 Å². The molecule has 0 aliphatic carbocycles. The number of nitrogens with one attached hydrogen (secondary N) is 1. The van der Waals surface area contributed by atoms with E-state index in [1.165, 1.54) is 5.69 Å². The molecule has 0 aliphatic rings. The van der Waals surface area contributed by atoms with E-state index in [1.54, 1.807) is 11.8 Å². The van der Waals surface area contributed by atoms with Crippen LogP contribution in [0.3, 0.4) is 0 Å². The molecule has 0 aromatic carbocycles. The number of hydrogen-bond donors (Lipinski definition) is 1. The van der Waals surface area contributed by atoms with Crippen LogP contribution in [0.5, 0.6) is 0 Å². The fourth-order valence-corrected chi connectivity index (χ4v) is 1.81. The molecule has 1 rings (SSSR count). The zero-order valence-electron chi connectivity index (χ0n) is 9.07. The maximum Gasteiger partial charge on any atom is 0.0545 e. The summed E-state index contributed by atoms with van der Waals surface area (Å²) in [6.07, 6.45) is 8.00. The van der Waals surface area contributed by atoms with Gasteiger partial charge in [0, 0.05) is 44.2 Å². The number of aryl methyl sites for hydroxylation is 1. The van der Waals surface area contributed by atoms with E-state index in [0.29, 0.717) is 0 Å². The lowest BCUT2D eigenvalue weighted by Gasteiger charge is -2.04. The van der Waals surface area contributed by atoms with Crippen LogP contribution in [0.1, 0.15) is 5.69 Å². The molecule has 0 fully saturated rings. The van der Waals surface area contributed by atoms with Gasteiger partial charge in [-0.2, -0.15) is 5.10 Å². The smallest absolute Gasteiger partial charge is 0.0545 e. The van der Waals surface area contributed by atoms with E-state index in [9.17, 15) is 0 Å². The van der Waals surface area contributed by atoms with E-state index in [2.05, 4.69) is 22.4 Å². The molecule has 0 bridgehead atoms. The normalized spacial score (nSPS) is 10.1. The molecular weight excluding hydrogens is 206 g/mol. The Kier molecular flexibility index (Phi) is 5.98. The summed E-state index contributed by atoms with van der Waals surface area (Å²) in [4.78, 5) is 0. The summed E-state index contributed by atoms with van der Waals surface area (Å²) in [5.41, 5.74) is 1.26. The van der Waals surface area contributed by atoms with E-state index in [4.69, 9.17) is 6.42 Å². The number of nitrogens with zero attached hydrogens (tertiary/aromatic N) is 2. The monoisotopic (exact) mass is 223 g/mol. The second kappa shape index (κ2) is 7.38. The quantitative estimate of drug-likeness (QED) is 0.550. The first-order valence-corrected chi connectivity index (χ1v) is 6.19. The van der Waals surface area contributed by atoms with E-state index < -0.39 is 0 Å². The molecule has 0 unspecified atom stereocenters. The van der Waals surface area contributed by atoms with Gasteiger partial charge in [0.15, 0.2) is 0 Å². The third kappa shape index (κ3) is 4.91. The average Bonchev–Trinajstić information content (AvgIpc) is 2.63. The summed E-state index contributed by atoms with van der Waals surface area (Å²) in [5, 5.41) is 7.50. The Morgan fingerprint density at radius 2 is 2.47 bits per heavy atom. The van der Waals surface area contributed by atoms with Crippen molar-refractivity contribution in [3.05, 3.63) is 18.0 Å². The van der Waals surface area contributed by atoms with Gasteiger partial charge in [0.2, 0.25) is 0 Å². The summed E-state index contributed by atoms with van der Waals surface area (Å²) in [5.74, 6) is 4.50. The third-order valence-corrected chi connectivity index (χ3v) is 2.95. The van der Waals surface area contributed by atoms with E-state index >= 15 is 0 Å². The van der Waals surface area contributed by atoms with Gasteiger partial charge in [0.25, 0.3) is 0 Å². The van der Waals surface area contributed by atoms with Crippen LogP contribution >= 0.6 is 11.8 Å². The molecule has 1 heterocycles. The molecule has 0 radical (unpaired) electrons. The lowest BCUT2D eigenvalue weighted by atomic mass is 10.3. The van der Waals surface area contributed by atoms with Crippen molar-refractivity contribution in [3.8, 4) is 12.3 Å². The van der Waals surface area contributed by atoms with Gasteiger partial charge in [-0.3, -0.25) is 4.68 Å². The molecule has 0 amide bonds. The minimum absolute atomic E-state index is 0.809. The number of thioether (sulfide) groups is 1. The lowest BCUT2D eigenvalue weighted by Crippen LogP contribution is -2.21. The van der Waals surface area contributed by atoms with Crippen molar-refractivity contribution < 1.29 is 0 Å². The van der Waals surface area contributed by atoms with Crippen molar-refractivity contribution in [1.82, 2.24) is 15.1 Å². The van der Waals surface area contributed by atoms with Crippen molar-refractivity contribution >= 4 is 11.8 Å². The molecule has 0 aliphatic heterocycles. The molecule has 3 nitrogen and oxygen atoms in total. The molecule has 1 aromatic rings. The Morgan fingerprint density at radius 3 is 3.13 bits per heavy atom. The molecule has 1 N–H and O–H groups in total. The van der Waals surface area contributed by atoms with Gasteiger partial charge in [0.05, 0.1) is 5.75 Å². The van der Waals surface area contributed by atoms with Crippen molar-refractivity contribution in [2.75, 3.05) is 24.6 Å². The summed E-state index contributed by atoms with van der Waals surface area (Å²) in [6, 6.07) is 2.05. The first-order chi connectivity index (χ1) is 7.34. The zero-order chi connectivity index (χ0) is 10.9. The van der Waals surface area contributed by atoms with Crippen LogP contribution in [0, 0.1) is 12.3 Å². The minimum atomic E-state index is 0.809. The van der Waals surface area contributed by atoms with E-state index in [1.807, 2.05) is 17.9 Å². The van der Waals surface area contributed by atoms with Gasteiger partial charge in [-0.15, -0.1) is 18.2 Å². The largest absolute Gasteiger partial charge is 0.316 e. The molecule has 0 atom stereocenters. The Balaban J connectivity index is 1.98. The van der Waals surface area contributed by atoms with Gasteiger partial charge >= 0.3 is 0 Å². The highest BCUT2D eigenvalue weighted by Gasteiger charge is 1.96. The summed E-state index contributed by atoms with van der Waals surface area (Å²) >= 11 is 1.79. The molecule has 4 heteroatoms. The first-order valence-electron chi connectivity index (χ1n) is 5.03. The standard InChI is InChI=1S/C11H17N3S/c1-3-9-15-10-8-12-6-4-11-5-7-13-14(11)2/h1,5,7,12H,4,6,8-10H2,2H3. The molecule has 15 heavy (non-hydrogen) atoms. The van der Waals surface area contributed by atoms with Crippen LogP contribution in [-0.2, 0) is 13.5 Å². The minimum Gasteiger partial charge on any atom is -0.316 e. The van der Waals surface area contributed by atoms with Gasteiger partial charge in [-0.1, -0.05) is 5.92 Å². The predicted molar refractivity (Wildman–Crippen MR) is 65.9 cm³/mol. The maximum absolute atomic E-state index is 5.15. The summed E-state index contributed by atoms with van der Waals surface area (Å²) in [6.45, 7) is 2.01. The fraction of sp³-hybridized carbons (Fsp3) is 0.545. The predicted octanol–water partition coefficient (Wildman–Crippen LogP) is 0.919. The van der Waals surface area contributed by atoms with Crippen molar-refractivity contribution in [1.29, 1.82) is 0 Å². The van der Waals surface area contributed by atoms with E-state index in [0.717, 1.165) is 31.0 Å². The van der Waals surface area contributed by atoms with Crippen molar-refractivity contribution in [3.63, 3.8) is 0 Å². The lowest BCUT2D eigenvalue weighted by molar-refractivity contribution is 0.660.